The van der Waals surface area contributed by atoms with Crippen LogP contribution >= 0.6 is 0 Å². The molecule has 0 aliphatic rings. The molecule has 1 aromatic carbocycles. The third-order valence-corrected chi connectivity index (χ3v) is 2.56. The number of aliphatic imine (C=N–C) groups is 1. The van der Waals surface area contributed by atoms with Gasteiger partial charge in [-0.05, 0) is 24.1 Å². The standard InChI is InChI=1S/C14H20N4O/c1-16-14(17-7-4-8-19-2)18-11-13-6-3-5-12(9-13)10-15/h3,5-6,9H,4,7-8,11H2,1-2H3,(H2,16,17,18). The molecule has 0 heterocycles. The normalized spacial score (nSPS) is 10.9. The summed E-state index contributed by atoms with van der Waals surface area (Å²) >= 11 is 0. The van der Waals surface area contributed by atoms with E-state index < -0.39 is 0 Å². The monoisotopic (exact) mass is 260 g/mol. The first kappa shape index (κ1) is 15.0. The lowest BCUT2D eigenvalue weighted by Crippen LogP contribution is -2.37. The highest BCUT2D eigenvalue weighted by Gasteiger charge is 1.99. The highest BCUT2D eigenvalue weighted by atomic mass is 16.5. The molecule has 0 atom stereocenters. The molecule has 5 nitrogen and oxygen atoms in total. The van der Waals surface area contributed by atoms with E-state index in [1.165, 1.54) is 0 Å². The van der Waals surface area contributed by atoms with Gasteiger partial charge in [-0.1, -0.05) is 12.1 Å². The topological polar surface area (TPSA) is 69.4 Å². The van der Waals surface area contributed by atoms with Gasteiger partial charge in [0, 0.05) is 33.9 Å². The van der Waals surface area contributed by atoms with Gasteiger partial charge in [0.05, 0.1) is 11.6 Å². The molecule has 0 saturated heterocycles. The van der Waals surface area contributed by atoms with Crippen LogP contribution in [0.3, 0.4) is 0 Å². The number of nitrogens with one attached hydrogen (secondary N) is 2. The Balaban J connectivity index is 2.38. The van der Waals surface area contributed by atoms with E-state index in [-0.39, 0.29) is 0 Å². The molecule has 0 aliphatic heterocycles. The van der Waals surface area contributed by atoms with Crippen molar-refractivity contribution in [1.29, 1.82) is 5.26 Å². The van der Waals surface area contributed by atoms with Crippen LogP contribution in [0.5, 0.6) is 0 Å². The summed E-state index contributed by atoms with van der Waals surface area (Å²) in [5, 5.41) is 15.2. The number of hydrogen-bond donors (Lipinski definition) is 2. The van der Waals surface area contributed by atoms with Crippen LogP contribution in [0.25, 0.3) is 0 Å². The molecule has 0 aromatic heterocycles. The molecule has 5 heteroatoms. The molecule has 2 N–H and O–H groups in total. The van der Waals surface area contributed by atoms with Crippen LogP contribution in [-0.4, -0.2) is 33.3 Å². The van der Waals surface area contributed by atoms with Crippen LogP contribution in [-0.2, 0) is 11.3 Å². The highest BCUT2D eigenvalue weighted by Crippen LogP contribution is 2.03. The molecule has 0 unspecified atom stereocenters. The third-order valence-electron chi connectivity index (χ3n) is 2.56. The van der Waals surface area contributed by atoms with Gasteiger partial charge in [-0.3, -0.25) is 4.99 Å². The van der Waals surface area contributed by atoms with Gasteiger partial charge in [-0.2, -0.15) is 5.26 Å². The maximum atomic E-state index is 8.83. The zero-order chi connectivity index (χ0) is 13.9. The smallest absolute Gasteiger partial charge is 0.191 e. The number of guanidine groups is 1. The summed E-state index contributed by atoms with van der Waals surface area (Å²) in [5.74, 6) is 0.749. The fraction of sp³-hybridized carbons (Fsp3) is 0.429. The second kappa shape index (κ2) is 8.95. The van der Waals surface area contributed by atoms with Crippen molar-refractivity contribution in [3.05, 3.63) is 35.4 Å². The SMILES string of the molecule is CN=C(NCCCOC)NCc1cccc(C#N)c1. The van der Waals surface area contributed by atoms with E-state index in [9.17, 15) is 0 Å². The molecule has 0 fully saturated rings. The Morgan fingerprint density at radius 3 is 2.95 bits per heavy atom. The Hall–Kier alpha value is -2.06. The molecule has 0 amide bonds. The van der Waals surface area contributed by atoms with E-state index in [0.717, 1.165) is 31.1 Å². The van der Waals surface area contributed by atoms with Gasteiger partial charge in [0.1, 0.15) is 0 Å². The highest BCUT2D eigenvalue weighted by molar-refractivity contribution is 5.79. The van der Waals surface area contributed by atoms with Gasteiger partial charge >= 0.3 is 0 Å². The predicted octanol–water partition coefficient (Wildman–Crippen LogP) is 1.26. The minimum Gasteiger partial charge on any atom is -0.385 e. The van der Waals surface area contributed by atoms with Crippen molar-refractivity contribution in [3.8, 4) is 6.07 Å². The average molecular weight is 260 g/mol. The predicted molar refractivity (Wildman–Crippen MR) is 75.9 cm³/mol. The molecule has 0 aliphatic carbocycles. The maximum absolute atomic E-state index is 8.83. The summed E-state index contributed by atoms with van der Waals surface area (Å²) in [6, 6.07) is 9.65. The minimum absolute atomic E-state index is 0.638. The number of nitrogens with zero attached hydrogens (tertiary/aromatic N) is 2. The van der Waals surface area contributed by atoms with Crippen LogP contribution in [0.2, 0.25) is 0 Å². The molecule has 102 valence electrons. The van der Waals surface area contributed by atoms with E-state index in [4.69, 9.17) is 10.00 Å². The van der Waals surface area contributed by atoms with Crippen LogP contribution in [0.1, 0.15) is 17.5 Å². The Kier molecular flexibility index (Phi) is 7.06. The number of methoxy groups -OCH3 is 1. The van der Waals surface area contributed by atoms with Crippen LogP contribution < -0.4 is 10.6 Å². The van der Waals surface area contributed by atoms with Crippen molar-refractivity contribution in [2.24, 2.45) is 4.99 Å². The first-order valence-corrected chi connectivity index (χ1v) is 6.22. The van der Waals surface area contributed by atoms with E-state index in [2.05, 4.69) is 21.7 Å². The molecule has 19 heavy (non-hydrogen) atoms. The number of rotatable bonds is 6. The Bertz CT molecular complexity index is 451. The molecule has 0 saturated carbocycles. The second-order valence-corrected chi connectivity index (χ2v) is 4.01. The first-order valence-electron chi connectivity index (χ1n) is 6.22. The summed E-state index contributed by atoms with van der Waals surface area (Å²) in [6.45, 7) is 2.18. The van der Waals surface area contributed by atoms with E-state index in [1.54, 1.807) is 20.2 Å². The third kappa shape index (κ3) is 5.89. The number of nitriles is 1. The zero-order valence-corrected chi connectivity index (χ0v) is 11.4. The molecule has 1 aromatic rings. The summed E-state index contributed by atoms with van der Waals surface area (Å²) in [4.78, 5) is 4.13. The summed E-state index contributed by atoms with van der Waals surface area (Å²) < 4.78 is 4.98. The number of ether oxygens (including phenoxy) is 1. The van der Waals surface area contributed by atoms with Crippen LogP contribution in [0, 0.1) is 11.3 Å². The van der Waals surface area contributed by atoms with Crippen molar-refractivity contribution < 1.29 is 4.74 Å². The minimum atomic E-state index is 0.638. The van der Waals surface area contributed by atoms with Gasteiger partial charge in [-0.25, -0.2) is 0 Å². The maximum Gasteiger partial charge on any atom is 0.191 e. The van der Waals surface area contributed by atoms with Gasteiger partial charge in [0.2, 0.25) is 0 Å². The van der Waals surface area contributed by atoms with Crippen molar-refractivity contribution in [2.45, 2.75) is 13.0 Å². The molecule has 0 bridgehead atoms. The fourth-order valence-corrected chi connectivity index (χ4v) is 1.58. The Morgan fingerprint density at radius 2 is 2.26 bits per heavy atom. The molecule has 1 rings (SSSR count). The largest absolute Gasteiger partial charge is 0.385 e. The average Bonchev–Trinajstić information content (AvgIpc) is 2.47. The summed E-state index contributed by atoms with van der Waals surface area (Å²) in [6.07, 6.45) is 0.932. The summed E-state index contributed by atoms with van der Waals surface area (Å²) in [7, 11) is 3.42. The van der Waals surface area contributed by atoms with Gasteiger partial charge in [0.25, 0.3) is 0 Å². The number of benzene rings is 1. The van der Waals surface area contributed by atoms with Gasteiger partial charge in [-0.15, -0.1) is 0 Å². The van der Waals surface area contributed by atoms with Crippen LogP contribution in [0.4, 0.5) is 0 Å². The summed E-state index contributed by atoms with van der Waals surface area (Å²) in [5.41, 5.74) is 1.72. The van der Waals surface area contributed by atoms with Crippen molar-refractivity contribution in [1.82, 2.24) is 10.6 Å². The molecular weight excluding hydrogens is 240 g/mol. The van der Waals surface area contributed by atoms with Gasteiger partial charge < -0.3 is 15.4 Å². The van der Waals surface area contributed by atoms with E-state index >= 15 is 0 Å². The first-order chi connectivity index (χ1) is 9.30. The quantitative estimate of drug-likeness (QED) is 0.459. The van der Waals surface area contributed by atoms with Crippen molar-refractivity contribution >= 4 is 5.96 Å². The van der Waals surface area contributed by atoms with Gasteiger partial charge in [0.15, 0.2) is 5.96 Å². The second-order valence-electron chi connectivity index (χ2n) is 4.01. The van der Waals surface area contributed by atoms with Crippen LogP contribution in [0.15, 0.2) is 29.3 Å². The molecular formula is C14H20N4O. The molecule has 0 radical (unpaired) electrons. The lowest BCUT2D eigenvalue weighted by Gasteiger charge is -2.11. The fourth-order valence-electron chi connectivity index (χ4n) is 1.58. The van der Waals surface area contributed by atoms with E-state index in [1.807, 2.05) is 18.2 Å². The Morgan fingerprint density at radius 1 is 1.42 bits per heavy atom. The zero-order valence-electron chi connectivity index (χ0n) is 11.4. The van der Waals surface area contributed by atoms with Crippen molar-refractivity contribution in [3.63, 3.8) is 0 Å². The Labute approximate surface area is 114 Å². The lowest BCUT2D eigenvalue weighted by molar-refractivity contribution is 0.195. The molecule has 0 spiro atoms. The van der Waals surface area contributed by atoms with Crippen molar-refractivity contribution in [2.75, 3.05) is 27.3 Å². The number of hydrogen-bond acceptors (Lipinski definition) is 3. The lowest BCUT2D eigenvalue weighted by atomic mass is 10.1. The van der Waals surface area contributed by atoms with E-state index in [0.29, 0.717) is 12.1 Å².